The first-order chi connectivity index (χ1) is 9.34. The lowest BCUT2D eigenvalue weighted by molar-refractivity contribution is -0.115. The highest BCUT2D eigenvalue weighted by Gasteiger charge is 2.31. The average Bonchev–Trinajstić information content (AvgIpc) is 2.82. The molecule has 2 heteroatoms. The van der Waals surface area contributed by atoms with E-state index in [2.05, 4.69) is 5.32 Å². The van der Waals surface area contributed by atoms with Gasteiger partial charge in [-0.3, -0.25) is 4.79 Å². The molecular weight excluding hydrogens is 234 g/mol. The average molecular weight is 249 g/mol. The van der Waals surface area contributed by atoms with Crippen molar-refractivity contribution in [2.75, 3.05) is 5.32 Å². The molecule has 0 fully saturated rings. The summed E-state index contributed by atoms with van der Waals surface area (Å²) in [5.74, 6) is 0.0426. The van der Waals surface area contributed by atoms with E-state index in [0.717, 1.165) is 11.3 Å². The maximum Gasteiger partial charge on any atom is 0.165 e. The second kappa shape index (κ2) is 5.11. The number of benzene rings is 2. The number of ketones is 1. The highest BCUT2D eigenvalue weighted by molar-refractivity contribution is 5.99. The van der Waals surface area contributed by atoms with E-state index in [1.807, 2.05) is 66.7 Å². The third-order valence-electron chi connectivity index (χ3n) is 3.40. The minimum Gasteiger partial charge on any atom is -0.378 e. The lowest BCUT2D eigenvalue weighted by Crippen LogP contribution is -2.25. The fourth-order valence-electron chi connectivity index (χ4n) is 2.48. The van der Waals surface area contributed by atoms with Gasteiger partial charge in [0.25, 0.3) is 0 Å². The fourth-order valence-corrected chi connectivity index (χ4v) is 2.48. The summed E-state index contributed by atoms with van der Waals surface area (Å²) in [6.45, 7) is 0. The van der Waals surface area contributed by atoms with Crippen LogP contribution in [-0.4, -0.2) is 11.8 Å². The van der Waals surface area contributed by atoms with Crippen molar-refractivity contribution in [1.82, 2.24) is 0 Å². The lowest BCUT2D eigenvalue weighted by atomic mass is 9.92. The first-order valence-electron chi connectivity index (χ1n) is 6.43. The van der Waals surface area contributed by atoms with Crippen LogP contribution in [0.2, 0.25) is 0 Å². The van der Waals surface area contributed by atoms with Crippen LogP contribution in [0.5, 0.6) is 0 Å². The summed E-state index contributed by atoms with van der Waals surface area (Å²) in [4.78, 5) is 12.0. The second-order valence-corrected chi connectivity index (χ2v) is 4.69. The first-order valence-corrected chi connectivity index (χ1v) is 6.43. The Kier molecular flexibility index (Phi) is 3.15. The Hall–Kier alpha value is -2.35. The Morgan fingerprint density at radius 1 is 0.842 bits per heavy atom. The molecule has 2 nitrogen and oxygen atoms in total. The van der Waals surface area contributed by atoms with E-state index in [4.69, 9.17) is 0 Å². The molecule has 2 aromatic rings. The van der Waals surface area contributed by atoms with E-state index < -0.39 is 0 Å². The van der Waals surface area contributed by atoms with Gasteiger partial charge in [-0.1, -0.05) is 54.6 Å². The summed E-state index contributed by atoms with van der Waals surface area (Å²) in [5, 5.41) is 3.41. The quantitative estimate of drug-likeness (QED) is 0.903. The Morgan fingerprint density at radius 3 is 2.16 bits per heavy atom. The fraction of sp³-hybridized carbons (Fsp3) is 0.118. The normalized spacial score (nSPS) is 21.6. The molecule has 1 N–H and O–H groups in total. The summed E-state index contributed by atoms with van der Waals surface area (Å²) in [6.07, 6.45) is 3.63. The lowest BCUT2D eigenvalue weighted by Gasteiger charge is -2.21. The van der Waals surface area contributed by atoms with Crippen LogP contribution < -0.4 is 5.32 Å². The number of carbonyl (C=O) groups excluding carboxylic acids is 1. The molecule has 0 heterocycles. The number of hydrogen-bond donors (Lipinski definition) is 1. The van der Waals surface area contributed by atoms with Crippen LogP contribution in [0.3, 0.4) is 0 Å². The maximum absolute atomic E-state index is 12.0. The predicted molar refractivity (Wildman–Crippen MR) is 77.2 cm³/mol. The van der Waals surface area contributed by atoms with Gasteiger partial charge < -0.3 is 5.32 Å². The molecule has 0 saturated carbocycles. The molecule has 2 atom stereocenters. The molecule has 3 rings (SSSR count). The summed E-state index contributed by atoms with van der Waals surface area (Å²) in [6, 6.07) is 19.9. The van der Waals surface area contributed by atoms with Crippen LogP contribution in [0.25, 0.3) is 0 Å². The molecule has 2 aromatic carbocycles. The van der Waals surface area contributed by atoms with Gasteiger partial charge in [-0.05, 0) is 23.8 Å². The van der Waals surface area contributed by atoms with Crippen molar-refractivity contribution in [1.29, 1.82) is 0 Å². The van der Waals surface area contributed by atoms with E-state index in [1.165, 1.54) is 0 Å². The molecule has 94 valence electrons. The van der Waals surface area contributed by atoms with Crippen molar-refractivity contribution in [3.8, 4) is 0 Å². The largest absolute Gasteiger partial charge is 0.378 e. The number of allylic oxidation sites excluding steroid dienone is 1. The van der Waals surface area contributed by atoms with Gasteiger partial charge in [-0.15, -0.1) is 0 Å². The van der Waals surface area contributed by atoms with Gasteiger partial charge in [0.05, 0.1) is 12.0 Å². The SMILES string of the molecule is O=C1C=CC(Nc2ccccc2)C1c1ccccc1. The van der Waals surface area contributed by atoms with Gasteiger partial charge in [0, 0.05) is 5.69 Å². The van der Waals surface area contributed by atoms with E-state index in [-0.39, 0.29) is 17.7 Å². The zero-order valence-electron chi connectivity index (χ0n) is 10.5. The number of anilines is 1. The van der Waals surface area contributed by atoms with E-state index in [9.17, 15) is 4.79 Å². The number of hydrogen-bond acceptors (Lipinski definition) is 2. The third-order valence-corrected chi connectivity index (χ3v) is 3.40. The van der Waals surface area contributed by atoms with Crippen LogP contribution in [0, 0.1) is 0 Å². The van der Waals surface area contributed by atoms with E-state index >= 15 is 0 Å². The Balaban J connectivity index is 1.85. The summed E-state index contributed by atoms with van der Waals surface area (Å²) in [7, 11) is 0. The predicted octanol–water partition coefficient (Wildman–Crippen LogP) is 3.39. The van der Waals surface area contributed by atoms with Crippen molar-refractivity contribution in [2.24, 2.45) is 0 Å². The van der Waals surface area contributed by atoms with Crippen LogP contribution in [0.4, 0.5) is 5.69 Å². The monoisotopic (exact) mass is 249 g/mol. The minimum atomic E-state index is -0.124. The van der Waals surface area contributed by atoms with E-state index in [1.54, 1.807) is 6.08 Å². The van der Waals surface area contributed by atoms with Gasteiger partial charge in [0.1, 0.15) is 0 Å². The molecule has 0 radical (unpaired) electrons. The zero-order chi connectivity index (χ0) is 13.1. The zero-order valence-corrected chi connectivity index (χ0v) is 10.5. The van der Waals surface area contributed by atoms with Gasteiger partial charge in [-0.25, -0.2) is 0 Å². The van der Waals surface area contributed by atoms with Gasteiger partial charge in [0.2, 0.25) is 0 Å². The smallest absolute Gasteiger partial charge is 0.165 e. The number of nitrogens with one attached hydrogen (secondary N) is 1. The van der Waals surface area contributed by atoms with Crippen LogP contribution in [-0.2, 0) is 4.79 Å². The summed E-state index contributed by atoms with van der Waals surface area (Å²) in [5.41, 5.74) is 2.10. The van der Waals surface area contributed by atoms with Crippen LogP contribution in [0.1, 0.15) is 11.5 Å². The second-order valence-electron chi connectivity index (χ2n) is 4.69. The molecule has 0 saturated heterocycles. The molecule has 2 unspecified atom stereocenters. The molecule has 0 spiro atoms. The molecule has 0 bridgehead atoms. The van der Waals surface area contributed by atoms with Crippen molar-refractivity contribution in [2.45, 2.75) is 12.0 Å². The van der Waals surface area contributed by atoms with Gasteiger partial charge >= 0.3 is 0 Å². The van der Waals surface area contributed by atoms with Crippen LogP contribution >= 0.6 is 0 Å². The highest BCUT2D eigenvalue weighted by Crippen LogP contribution is 2.29. The highest BCUT2D eigenvalue weighted by atomic mass is 16.1. The summed E-state index contributed by atoms with van der Waals surface area (Å²) >= 11 is 0. The summed E-state index contributed by atoms with van der Waals surface area (Å²) < 4.78 is 0. The molecular formula is C17H15NO. The van der Waals surface area contributed by atoms with Crippen molar-refractivity contribution >= 4 is 11.5 Å². The van der Waals surface area contributed by atoms with Crippen molar-refractivity contribution in [3.63, 3.8) is 0 Å². The molecule has 1 aliphatic rings. The Morgan fingerprint density at radius 2 is 1.47 bits per heavy atom. The molecule has 19 heavy (non-hydrogen) atoms. The molecule has 0 aromatic heterocycles. The maximum atomic E-state index is 12.0. The van der Waals surface area contributed by atoms with Gasteiger partial charge in [0.15, 0.2) is 5.78 Å². The van der Waals surface area contributed by atoms with E-state index in [0.29, 0.717) is 0 Å². The standard InChI is InChI=1S/C17H15NO/c19-16-12-11-15(18-14-9-5-2-6-10-14)17(16)13-7-3-1-4-8-13/h1-12,15,17-18H. The molecule has 0 aliphatic heterocycles. The van der Waals surface area contributed by atoms with Crippen molar-refractivity contribution < 1.29 is 4.79 Å². The number of rotatable bonds is 3. The third kappa shape index (κ3) is 2.43. The Bertz CT molecular complexity index is 589. The molecule has 1 aliphatic carbocycles. The van der Waals surface area contributed by atoms with Gasteiger partial charge in [-0.2, -0.15) is 0 Å². The van der Waals surface area contributed by atoms with Crippen molar-refractivity contribution in [3.05, 3.63) is 78.4 Å². The Labute approximate surface area is 112 Å². The van der Waals surface area contributed by atoms with Crippen LogP contribution in [0.15, 0.2) is 72.8 Å². The topological polar surface area (TPSA) is 29.1 Å². The minimum absolute atomic E-state index is 0.0253. The molecule has 0 amide bonds. The number of para-hydroxylation sites is 1. The first kappa shape index (κ1) is 11.7. The number of carbonyl (C=O) groups is 1.